The summed E-state index contributed by atoms with van der Waals surface area (Å²) in [6.07, 6.45) is 2.15. The molecular formula is C19H15ClFN3O2S. The molecule has 27 heavy (non-hydrogen) atoms. The van der Waals surface area contributed by atoms with Crippen LogP contribution in [0.4, 0.5) is 4.39 Å². The second kappa shape index (κ2) is 6.99. The summed E-state index contributed by atoms with van der Waals surface area (Å²) in [6.45, 7) is 0.500. The van der Waals surface area contributed by atoms with Gasteiger partial charge < -0.3 is 0 Å². The summed E-state index contributed by atoms with van der Waals surface area (Å²) >= 11 is 5.91. The first-order valence-corrected chi connectivity index (χ1v) is 10.1. The average molecular weight is 404 g/mol. The van der Waals surface area contributed by atoms with Crippen LogP contribution in [0, 0.1) is 5.82 Å². The summed E-state index contributed by atoms with van der Waals surface area (Å²) < 4.78 is 40.0. The first-order valence-electron chi connectivity index (χ1n) is 8.30. The van der Waals surface area contributed by atoms with Crippen molar-refractivity contribution in [3.63, 3.8) is 0 Å². The molecular weight excluding hydrogens is 389 g/mol. The van der Waals surface area contributed by atoms with E-state index in [2.05, 4.69) is 9.97 Å². The molecule has 2 heterocycles. The monoisotopic (exact) mass is 403 g/mol. The first-order chi connectivity index (χ1) is 12.9. The van der Waals surface area contributed by atoms with Crippen LogP contribution in [-0.2, 0) is 23.0 Å². The minimum Gasteiger partial charge on any atom is -0.236 e. The van der Waals surface area contributed by atoms with E-state index in [9.17, 15) is 12.8 Å². The molecule has 0 fully saturated rings. The zero-order valence-corrected chi connectivity index (χ0v) is 15.7. The smallest absolute Gasteiger partial charge is 0.236 e. The molecule has 0 N–H and O–H groups in total. The fraction of sp³-hybridized carbons (Fsp3) is 0.158. The summed E-state index contributed by atoms with van der Waals surface area (Å²) in [5.74, 6) is 0.112. The standard InChI is InChI=1S/C19H15ClFN3O2S/c20-15-3-1-13(2-4-15)19-22-11-14-12-24(10-9-18(14)23-19)27(25,26)17-7-5-16(21)6-8-17/h1-8,11H,9-10,12H2. The van der Waals surface area contributed by atoms with E-state index in [0.29, 0.717) is 23.8 Å². The van der Waals surface area contributed by atoms with Gasteiger partial charge in [0.2, 0.25) is 10.0 Å². The fourth-order valence-electron chi connectivity index (χ4n) is 2.99. The van der Waals surface area contributed by atoms with Crippen molar-refractivity contribution in [1.82, 2.24) is 14.3 Å². The van der Waals surface area contributed by atoms with Crippen molar-refractivity contribution in [2.75, 3.05) is 6.54 Å². The Morgan fingerprint density at radius 2 is 1.74 bits per heavy atom. The van der Waals surface area contributed by atoms with E-state index < -0.39 is 15.8 Å². The van der Waals surface area contributed by atoms with E-state index in [1.807, 2.05) is 12.1 Å². The maximum absolute atomic E-state index is 13.1. The van der Waals surface area contributed by atoms with Gasteiger partial charge in [0.15, 0.2) is 5.82 Å². The quantitative estimate of drug-likeness (QED) is 0.669. The van der Waals surface area contributed by atoms with Gasteiger partial charge in [-0.05, 0) is 48.5 Å². The Kier molecular flexibility index (Phi) is 4.67. The van der Waals surface area contributed by atoms with Crippen LogP contribution in [-0.4, -0.2) is 29.2 Å². The van der Waals surface area contributed by atoms with E-state index in [1.165, 1.54) is 16.4 Å². The van der Waals surface area contributed by atoms with Gasteiger partial charge >= 0.3 is 0 Å². The van der Waals surface area contributed by atoms with E-state index in [4.69, 9.17) is 11.6 Å². The van der Waals surface area contributed by atoms with Crippen molar-refractivity contribution in [3.05, 3.63) is 76.8 Å². The molecule has 1 aliphatic heterocycles. The molecule has 0 unspecified atom stereocenters. The Bertz CT molecular complexity index is 1090. The molecule has 5 nitrogen and oxygen atoms in total. The molecule has 1 aliphatic rings. The highest BCUT2D eigenvalue weighted by Gasteiger charge is 2.29. The molecule has 0 aliphatic carbocycles. The zero-order chi connectivity index (χ0) is 19.0. The predicted octanol–water partition coefficient (Wildman–Crippen LogP) is 3.68. The maximum Gasteiger partial charge on any atom is 0.243 e. The van der Waals surface area contributed by atoms with Crippen LogP contribution >= 0.6 is 11.6 Å². The molecule has 0 radical (unpaired) electrons. The van der Waals surface area contributed by atoms with Crippen molar-refractivity contribution >= 4 is 21.6 Å². The van der Waals surface area contributed by atoms with Gasteiger partial charge in [-0.3, -0.25) is 0 Å². The van der Waals surface area contributed by atoms with Crippen molar-refractivity contribution in [2.24, 2.45) is 0 Å². The lowest BCUT2D eigenvalue weighted by molar-refractivity contribution is 0.387. The molecule has 0 spiro atoms. The molecule has 0 saturated carbocycles. The molecule has 8 heteroatoms. The number of aromatic nitrogens is 2. The van der Waals surface area contributed by atoms with Crippen molar-refractivity contribution in [1.29, 1.82) is 0 Å². The van der Waals surface area contributed by atoms with E-state index >= 15 is 0 Å². The predicted molar refractivity (Wildman–Crippen MR) is 100 cm³/mol. The number of rotatable bonds is 3. The molecule has 0 bridgehead atoms. The summed E-state index contributed by atoms with van der Waals surface area (Å²) in [7, 11) is -3.69. The number of halogens is 2. The van der Waals surface area contributed by atoms with Crippen LogP contribution in [0.3, 0.4) is 0 Å². The third-order valence-corrected chi connectivity index (χ3v) is 6.56. The number of hydrogen-bond donors (Lipinski definition) is 0. The van der Waals surface area contributed by atoms with Crippen molar-refractivity contribution < 1.29 is 12.8 Å². The SMILES string of the molecule is O=S(=O)(c1ccc(F)cc1)N1CCc2nc(-c3ccc(Cl)cc3)ncc2C1. The summed E-state index contributed by atoms with van der Waals surface area (Å²) in [5.41, 5.74) is 2.45. The zero-order valence-electron chi connectivity index (χ0n) is 14.1. The van der Waals surface area contributed by atoms with Gasteiger partial charge in [0.05, 0.1) is 10.6 Å². The van der Waals surface area contributed by atoms with Crippen molar-refractivity contribution in [2.45, 2.75) is 17.9 Å². The van der Waals surface area contributed by atoms with Gasteiger partial charge in [0, 0.05) is 41.9 Å². The van der Waals surface area contributed by atoms with Crippen LogP contribution in [0.15, 0.2) is 59.6 Å². The number of fused-ring (bicyclic) bond motifs is 1. The Labute approximate surface area is 161 Å². The van der Waals surface area contributed by atoms with Crippen LogP contribution in [0.25, 0.3) is 11.4 Å². The highest BCUT2D eigenvalue weighted by atomic mass is 35.5. The highest BCUT2D eigenvalue weighted by molar-refractivity contribution is 7.89. The number of benzene rings is 2. The third-order valence-electron chi connectivity index (χ3n) is 4.45. The lowest BCUT2D eigenvalue weighted by Crippen LogP contribution is -2.36. The number of nitrogens with zero attached hydrogens (tertiary/aromatic N) is 3. The van der Waals surface area contributed by atoms with Gasteiger partial charge in [-0.15, -0.1) is 0 Å². The lowest BCUT2D eigenvalue weighted by atomic mass is 10.1. The Balaban J connectivity index is 1.60. The van der Waals surface area contributed by atoms with Gasteiger partial charge in [0.25, 0.3) is 0 Å². The van der Waals surface area contributed by atoms with Gasteiger partial charge in [-0.25, -0.2) is 22.8 Å². The highest BCUT2D eigenvalue weighted by Crippen LogP contribution is 2.26. The van der Waals surface area contributed by atoms with Crippen LogP contribution in [0.5, 0.6) is 0 Å². The minimum atomic E-state index is -3.69. The third kappa shape index (κ3) is 3.58. The Morgan fingerprint density at radius 1 is 1.04 bits per heavy atom. The molecule has 1 aromatic heterocycles. The summed E-state index contributed by atoms with van der Waals surface area (Å²) in [5, 5.41) is 0.637. The van der Waals surface area contributed by atoms with E-state index in [1.54, 1.807) is 18.3 Å². The van der Waals surface area contributed by atoms with Gasteiger partial charge in [-0.1, -0.05) is 11.6 Å². The Hall–Kier alpha value is -2.35. The normalized spacial score (nSPS) is 14.7. The largest absolute Gasteiger partial charge is 0.243 e. The topological polar surface area (TPSA) is 63.2 Å². The van der Waals surface area contributed by atoms with Crippen molar-refractivity contribution in [3.8, 4) is 11.4 Å². The average Bonchev–Trinajstić information content (AvgIpc) is 2.68. The van der Waals surface area contributed by atoms with Gasteiger partial charge in [-0.2, -0.15) is 4.31 Å². The molecule has 0 atom stereocenters. The fourth-order valence-corrected chi connectivity index (χ4v) is 4.53. The van der Waals surface area contributed by atoms with Crippen LogP contribution in [0.2, 0.25) is 5.02 Å². The molecule has 4 rings (SSSR count). The first kappa shape index (κ1) is 18.0. The summed E-state index contributed by atoms with van der Waals surface area (Å²) in [6, 6.07) is 12.1. The molecule has 0 saturated heterocycles. The molecule has 0 amide bonds. The minimum absolute atomic E-state index is 0.0750. The van der Waals surface area contributed by atoms with Crippen LogP contribution < -0.4 is 0 Å². The second-order valence-electron chi connectivity index (χ2n) is 6.21. The lowest BCUT2D eigenvalue weighted by Gasteiger charge is -2.27. The van der Waals surface area contributed by atoms with E-state index in [0.717, 1.165) is 29.0 Å². The van der Waals surface area contributed by atoms with Crippen LogP contribution in [0.1, 0.15) is 11.3 Å². The molecule has 2 aromatic carbocycles. The molecule has 3 aromatic rings. The summed E-state index contributed by atoms with van der Waals surface area (Å²) in [4.78, 5) is 9.03. The van der Waals surface area contributed by atoms with E-state index in [-0.39, 0.29) is 11.4 Å². The maximum atomic E-state index is 13.1. The van der Waals surface area contributed by atoms with Gasteiger partial charge in [0.1, 0.15) is 5.82 Å². The number of hydrogen-bond acceptors (Lipinski definition) is 4. The molecule has 138 valence electrons. The number of sulfonamides is 1. The second-order valence-corrected chi connectivity index (χ2v) is 8.59. The Morgan fingerprint density at radius 3 is 2.44 bits per heavy atom.